The topological polar surface area (TPSA) is 99.9 Å². The molecule has 0 aliphatic carbocycles. The number of thioether (sulfide) groups is 1. The minimum atomic E-state index is -0.464. The molecule has 0 amide bonds. The van der Waals surface area contributed by atoms with Gasteiger partial charge in [0.25, 0.3) is 0 Å². The zero-order valence-electron chi connectivity index (χ0n) is 15.2. The number of hydrogen-bond donors (Lipinski definition) is 0. The Bertz CT molecular complexity index is 987. The maximum atomic E-state index is 11.4. The summed E-state index contributed by atoms with van der Waals surface area (Å²) < 4.78 is 5.18. The molecule has 0 saturated carbocycles. The molecule has 0 unspecified atom stereocenters. The Balaban J connectivity index is 2.15. The number of allylic oxidation sites excluding steroid dienone is 2. The van der Waals surface area contributed by atoms with E-state index in [9.17, 15) is 20.6 Å². The van der Waals surface area contributed by atoms with Crippen molar-refractivity contribution in [3.05, 3.63) is 75.3 Å². The van der Waals surface area contributed by atoms with E-state index in [1.165, 1.54) is 0 Å². The number of rotatable bonds is 5. The zero-order valence-corrected chi connectivity index (χ0v) is 16.0. The molecule has 6 nitrogen and oxygen atoms in total. The van der Waals surface area contributed by atoms with Crippen LogP contribution in [-0.4, -0.2) is 24.3 Å². The van der Waals surface area contributed by atoms with Crippen LogP contribution in [0.4, 0.5) is 0 Å². The number of benzene rings is 2. The lowest BCUT2D eigenvalue weighted by Crippen LogP contribution is -2.27. The minimum Gasteiger partial charge on any atom is -0.497 e. The third kappa shape index (κ3) is 3.85. The maximum absolute atomic E-state index is 11.4. The summed E-state index contributed by atoms with van der Waals surface area (Å²) in [6, 6.07) is 18.7. The van der Waals surface area contributed by atoms with Crippen LogP contribution in [0.3, 0.4) is 0 Å². The van der Waals surface area contributed by atoms with E-state index in [4.69, 9.17) is 4.74 Å². The highest BCUT2D eigenvalue weighted by Crippen LogP contribution is 2.47. The second-order valence-corrected chi connectivity index (χ2v) is 7.38. The molecule has 1 aliphatic rings. The first-order valence-electron chi connectivity index (χ1n) is 8.61. The van der Waals surface area contributed by atoms with Gasteiger partial charge in [-0.3, -0.25) is 10.1 Å². The molecule has 2 atom stereocenters. The number of nitro groups is 1. The lowest BCUT2D eigenvalue weighted by molar-refractivity contribution is -0.484. The summed E-state index contributed by atoms with van der Waals surface area (Å²) in [6.07, 6.45) is 0. The summed E-state index contributed by atoms with van der Waals surface area (Å²) in [5.41, 5.74) is 2.21. The highest BCUT2D eigenvalue weighted by atomic mass is 32.2. The van der Waals surface area contributed by atoms with Crippen LogP contribution in [0.15, 0.2) is 59.0 Å². The molecule has 0 aromatic heterocycles. The molecule has 3 rings (SSSR count). The van der Waals surface area contributed by atoms with Gasteiger partial charge in [-0.1, -0.05) is 30.3 Å². The highest BCUT2D eigenvalue weighted by Gasteiger charge is 2.36. The first-order valence-corrected chi connectivity index (χ1v) is 9.60. The van der Waals surface area contributed by atoms with Crippen LogP contribution in [0.1, 0.15) is 17.0 Å². The number of methoxy groups -OCH3 is 1. The maximum Gasteiger partial charge on any atom is 0.211 e. The standard InChI is InChI=1S/C21H17N3O3S/c1-27-16-8-6-14(7-9-16)18(12-24(25)26)19-13-28-20-5-3-2-4-17(20)21(19)15(10-22)11-23/h2-9,18-19H,12-13H2,1H3/t18-,19-/m1/s1. The summed E-state index contributed by atoms with van der Waals surface area (Å²) in [7, 11) is 1.56. The van der Waals surface area contributed by atoms with E-state index < -0.39 is 5.92 Å². The van der Waals surface area contributed by atoms with E-state index in [0.717, 1.165) is 16.0 Å². The van der Waals surface area contributed by atoms with Gasteiger partial charge in [0.1, 0.15) is 23.5 Å². The Morgan fingerprint density at radius 2 is 1.93 bits per heavy atom. The first kappa shape index (κ1) is 19.5. The molecule has 2 aromatic rings. The number of nitrogens with zero attached hydrogens (tertiary/aromatic N) is 3. The molecule has 7 heteroatoms. The molecular formula is C21H17N3O3S. The lowest BCUT2D eigenvalue weighted by atomic mass is 9.77. The van der Waals surface area contributed by atoms with E-state index in [1.807, 2.05) is 48.5 Å². The molecule has 0 radical (unpaired) electrons. The van der Waals surface area contributed by atoms with Crippen LogP contribution in [0.25, 0.3) is 5.57 Å². The fraction of sp³-hybridized carbons (Fsp3) is 0.238. The van der Waals surface area contributed by atoms with Crippen LogP contribution < -0.4 is 4.74 Å². The van der Waals surface area contributed by atoms with E-state index >= 15 is 0 Å². The number of ether oxygens (including phenoxy) is 1. The molecule has 1 aliphatic heterocycles. The molecule has 2 aromatic carbocycles. The molecule has 140 valence electrons. The van der Waals surface area contributed by atoms with E-state index in [1.54, 1.807) is 31.0 Å². The van der Waals surface area contributed by atoms with Crippen molar-refractivity contribution in [2.24, 2.45) is 5.92 Å². The number of hydrogen-bond acceptors (Lipinski definition) is 6. The van der Waals surface area contributed by atoms with Crippen LogP contribution in [0.2, 0.25) is 0 Å². The van der Waals surface area contributed by atoms with Crippen molar-refractivity contribution in [3.8, 4) is 17.9 Å². The van der Waals surface area contributed by atoms with Gasteiger partial charge >= 0.3 is 0 Å². The van der Waals surface area contributed by atoms with Crippen molar-refractivity contribution in [2.45, 2.75) is 10.8 Å². The van der Waals surface area contributed by atoms with E-state index in [-0.39, 0.29) is 23.0 Å². The highest BCUT2D eigenvalue weighted by molar-refractivity contribution is 7.99. The quantitative estimate of drug-likeness (QED) is 0.428. The number of fused-ring (bicyclic) bond motifs is 1. The Labute approximate surface area is 167 Å². The monoisotopic (exact) mass is 391 g/mol. The smallest absolute Gasteiger partial charge is 0.211 e. The van der Waals surface area contributed by atoms with Crippen molar-refractivity contribution >= 4 is 17.3 Å². The van der Waals surface area contributed by atoms with E-state index in [2.05, 4.69) is 0 Å². The Hall–Kier alpha value is -3.29. The molecule has 0 fully saturated rings. The van der Waals surface area contributed by atoms with Crippen molar-refractivity contribution in [1.29, 1.82) is 10.5 Å². The third-order valence-electron chi connectivity index (χ3n) is 4.83. The predicted molar refractivity (Wildman–Crippen MR) is 106 cm³/mol. The summed E-state index contributed by atoms with van der Waals surface area (Å²) in [5.74, 6) is 0.433. The fourth-order valence-corrected chi connectivity index (χ4v) is 4.80. The van der Waals surface area contributed by atoms with Gasteiger partial charge in [-0.25, -0.2) is 0 Å². The van der Waals surface area contributed by atoms with Gasteiger partial charge in [0.2, 0.25) is 6.54 Å². The minimum absolute atomic E-state index is 0.0135. The van der Waals surface area contributed by atoms with Gasteiger partial charge in [-0.15, -0.1) is 11.8 Å². The van der Waals surface area contributed by atoms with Crippen LogP contribution in [0, 0.1) is 38.7 Å². The van der Waals surface area contributed by atoms with Gasteiger partial charge in [-0.2, -0.15) is 10.5 Å². The largest absolute Gasteiger partial charge is 0.497 e. The first-order chi connectivity index (χ1) is 13.6. The molecular weight excluding hydrogens is 374 g/mol. The average Bonchev–Trinajstić information content (AvgIpc) is 2.73. The summed E-state index contributed by atoms with van der Waals surface area (Å²) >= 11 is 1.60. The second kappa shape index (κ2) is 8.60. The molecule has 0 spiro atoms. The summed E-state index contributed by atoms with van der Waals surface area (Å²) in [6.45, 7) is -0.284. The molecule has 28 heavy (non-hydrogen) atoms. The van der Waals surface area contributed by atoms with Gasteiger partial charge in [0.05, 0.1) is 13.0 Å². The zero-order chi connectivity index (χ0) is 20.1. The summed E-state index contributed by atoms with van der Waals surface area (Å²) in [4.78, 5) is 12.1. The third-order valence-corrected chi connectivity index (χ3v) is 6.03. The van der Waals surface area contributed by atoms with Crippen LogP contribution >= 0.6 is 11.8 Å². The SMILES string of the molecule is COc1ccc([C@@H](C[N+](=O)[O-])[C@H]2CSc3ccccc3C2=C(C#N)C#N)cc1. The lowest BCUT2D eigenvalue weighted by Gasteiger charge is -2.32. The Morgan fingerprint density at radius 1 is 1.25 bits per heavy atom. The Morgan fingerprint density at radius 3 is 2.54 bits per heavy atom. The fourth-order valence-electron chi connectivity index (χ4n) is 3.54. The van der Waals surface area contributed by atoms with Gasteiger partial charge in [-0.05, 0) is 34.9 Å². The van der Waals surface area contributed by atoms with Crippen molar-refractivity contribution in [1.82, 2.24) is 0 Å². The average molecular weight is 391 g/mol. The molecule has 0 bridgehead atoms. The molecule has 1 heterocycles. The van der Waals surface area contributed by atoms with Gasteiger partial charge in [0.15, 0.2) is 0 Å². The van der Waals surface area contributed by atoms with Gasteiger partial charge in [0, 0.05) is 21.5 Å². The molecule has 0 saturated heterocycles. The number of nitriles is 2. The van der Waals surface area contributed by atoms with Gasteiger partial charge < -0.3 is 4.74 Å². The van der Waals surface area contributed by atoms with E-state index in [0.29, 0.717) is 17.1 Å². The summed E-state index contributed by atoms with van der Waals surface area (Å²) in [5, 5.41) is 30.5. The second-order valence-electron chi connectivity index (χ2n) is 6.32. The van der Waals surface area contributed by atoms with Crippen LogP contribution in [-0.2, 0) is 0 Å². The molecule has 0 N–H and O–H groups in total. The van der Waals surface area contributed by atoms with Crippen molar-refractivity contribution < 1.29 is 9.66 Å². The Kier molecular flexibility index (Phi) is 5.98. The van der Waals surface area contributed by atoms with Crippen LogP contribution in [0.5, 0.6) is 5.75 Å². The van der Waals surface area contributed by atoms with Crippen molar-refractivity contribution in [2.75, 3.05) is 19.4 Å². The normalized spacial score (nSPS) is 16.2. The predicted octanol–water partition coefficient (Wildman–Crippen LogP) is 4.28. The van der Waals surface area contributed by atoms with Crippen molar-refractivity contribution in [3.63, 3.8) is 0 Å².